The monoisotopic (exact) mass is 310 g/mol. The van der Waals surface area contributed by atoms with Crippen molar-refractivity contribution in [1.29, 1.82) is 0 Å². The molecule has 1 amide bonds. The van der Waals surface area contributed by atoms with Crippen LogP contribution in [-0.4, -0.2) is 28.4 Å². The van der Waals surface area contributed by atoms with Crippen LogP contribution in [0.4, 0.5) is 0 Å². The number of amides is 1. The van der Waals surface area contributed by atoms with Crippen LogP contribution in [0.1, 0.15) is 43.6 Å². The first-order valence-electron chi connectivity index (χ1n) is 6.51. The zero-order valence-corrected chi connectivity index (χ0v) is 12.5. The Labute approximate surface area is 117 Å². The molecule has 1 heterocycles. The normalized spacial score (nSPS) is 14.9. The molecule has 0 radical (unpaired) electrons. The fraction of sp³-hybridized carbons (Fsp3) is 0.571. The second-order valence-electron chi connectivity index (χ2n) is 5.26. The molecule has 0 spiro atoms. The van der Waals surface area contributed by atoms with Gasteiger partial charge >= 0.3 is 0 Å². The summed E-state index contributed by atoms with van der Waals surface area (Å²) in [6.07, 6.45) is 3.33. The van der Waals surface area contributed by atoms with Crippen molar-refractivity contribution < 1.29 is 4.79 Å². The maximum absolute atomic E-state index is 12.4. The van der Waals surface area contributed by atoms with Crippen LogP contribution >= 0.6 is 15.9 Å². The van der Waals surface area contributed by atoms with Crippen LogP contribution in [0.15, 0.2) is 22.8 Å². The minimum Gasteiger partial charge on any atom is -0.334 e. The van der Waals surface area contributed by atoms with Crippen molar-refractivity contribution in [1.82, 2.24) is 9.88 Å². The van der Waals surface area contributed by atoms with E-state index in [-0.39, 0.29) is 5.91 Å². The molecule has 0 saturated heterocycles. The average molecular weight is 311 g/mol. The van der Waals surface area contributed by atoms with Crippen molar-refractivity contribution in [3.8, 4) is 0 Å². The third-order valence-electron chi connectivity index (χ3n) is 3.13. The van der Waals surface area contributed by atoms with E-state index in [0.717, 1.165) is 25.8 Å². The van der Waals surface area contributed by atoms with Gasteiger partial charge in [-0.2, -0.15) is 0 Å². The third-order valence-corrected chi connectivity index (χ3v) is 3.57. The first-order valence-corrected chi connectivity index (χ1v) is 7.30. The molecule has 0 N–H and O–H groups in total. The summed E-state index contributed by atoms with van der Waals surface area (Å²) in [6.45, 7) is 5.22. The Balaban J connectivity index is 2.08. The van der Waals surface area contributed by atoms with Crippen LogP contribution in [0.25, 0.3) is 0 Å². The summed E-state index contributed by atoms with van der Waals surface area (Å²) in [6, 6.07) is 5.93. The highest BCUT2D eigenvalue weighted by molar-refractivity contribution is 9.10. The molecule has 0 bridgehead atoms. The fourth-order valence-corrected chi connectivity index (χ4v) is 2.25. The smallest absolute Gasteiger partial charge is 0.272 e. The molecule has 0 aliphatic heterocycles. The number of carbonyl (C=O) groups excluding carboxylic acids is 1. The van der Waals surface area contributed by atoms with Gasteiger partial charge in [0.1, 0.15) is 10.3 Å². The van der Waals surface area contributed by atoms with Crippen molar-refractivity contribution in [2.24, 2.45) is 5.92 Å². The van der Waals surface area contributed by atoms with E-state index >= 15 is 0 Å². The van der Waals surface area contributed by atoms with Gasteiger partial charge in [-0.1, -0.05) is 19.9 Å². The van der Waals surface area contributed by atoms with E-state index < -0.39 is 0 Å². The predicted octanol–water partition coefficient (Wildman–Crippen LogP) is 3.49. The lowest BCUT2D eigenvalue weighted by Crippen LogP contribution is -2.35. The van der Waals surface area contributed by atoms with Crippen LogP contribution in [0, 0.1) is 5.92 Å². The zero-order valence-electron chi connectivity index (χ0n) is 10.9. The Kier molecular flexibility index (Phi) is 4.38. The van der Waals surface area contributed by atoms with E-state index in [4.69, 9.17) is 0 Å². The van der Waals surface area contributed by atoms with Gasteiger partial charge in [-0.15, -0.1) is 0 Å². The van der Waals surface area contributed by atoms with E-state index in [9.17, 15) is 4.79 Å². The number of pyridine rings is 1. The molecule has 2 rings (SSSR count). The summed E-state index contributed by atoms with van der Waals surface area (Å²) in [7, 11) is 0. The number of hydrogen-bond acceptors (Lipinski definition) is 2. The molecular formula is C14H19BrN2O. The molecule has 4 heteroatoms. The highest BCUT2D eigenvalue weighted by Crippen LogP contribution is 2.28. The van der Waals surface area contributed by atoms with Crippen molar-refractivity contribution in [3.05, 3.63) is 28.5 Å². The maximum Gasteiger partial charge on any atom is 0.272 e. The highest BCUT2D eigenvalue weighted by Gasteiger charge is 2.33. The summed E-state index contributed by atoms with van der Waals surface area (Å²) in [5.41, 5.74) is 0.542. The Morgan fingerprint density at radius 3 is 2.78 bits per heavy atom. The highest BCUT2D eigenvalue weighted by atomic mass is 79.9. The second-order valence-corrected chi connectivity index (χ2v) is 6.07. The molecule has 3 nitrogen and oxygen atoms in total. The Morgan fingerprint density at radius 1 is 1.50 bits per heavy atom. The van der Waals surface area contributed by atoms with E-state index in [2.05, 4.69) is 34.8 Å². The summed E-state index contributed by atoms with van der Waals surface area (Å²) in [4.78, 5) is 18.7. The van der Waals surface area contributed by atoms with Crippen molar-refractivity contribution in [2.45, 2.75) is 39.2 Å². The van der Waals surface area contributed by atoms with E-state index in [1.165, 1.54) is 0 Å². The number of nitrogens with zero attached hydrogens (tertiary/aromatic N) is 2. The molecule has 1 aliphatic carbocycles. The molecule has 0 unspecified atom stereocenters. The number of rotatable bonds is 5. The molecule has 18 heavy (non-hydrogen) atoms. The number of carbonyl (C=O) groups is 1. The van der Waals surface area contributed by atoms with Crippen molar-refractivity contribution in [3.63, 3.8) is 0 Å². The number of halogens is 1. The van der Waals surface area contributed by atoms with Crippen molar-refractivity contribution in [2.75, 3.05) is 6.54 Å². The van der Waals surface area contributed by atoms with Crippen LogP contribution in [-0.2, 0) is 0 Å². The van der Waals surface area contributed by atoms with E-state index in [1.807, 2.05) is 17.0 Å². The summed E-state index contributed by atoms with van der Waals surface area (Å²) < 4.78 is 0.716. The molecule has 1 saturated carbocycles. The Morgan fingerprint density at radius 2 is 2.22 bits per heavy atom. The molecule has 98 valence electrons. The van der Waals surface area contributed by atoms with Gasteiger partial charge in [0.2, 0.25) is 0 Å². The minimum absolute atomic E-state index is 0.0689. The van der Waals surface area contributed by atoms with Gasteiger partial charge < -0.3 is 4.90 Å². The van der Waals surface area contributed by atoms with Crippen LogP contribution in [0.5, 0.6) is 0 Å². The van der Waals surface area contributed by atoms with E-state index in [0.29, 0.717) is 22.3 Å². The van der Waals surface area contributed by atoms with Crippen molar-refractivity contribution >= 4 is 21.8 Å². The van der Waals surface area contributed by atoms with Gasteiger partial charge in [0, 0.05) is 12.6 Å². The van der Waals surface area contributed by atoms with Crippen LogP contribution < -0.4 is 0 Å². The lowest BCUT2D eigenvalue weighted by Gasteiger charge is -2.23. The molecule has 1 aromatic heterocycles. The van der Waals surface area contributed by atoms with Gasteiger partial charge in [-0.3, -0.25) is 4.79 Å². The standard InChI is InChI=1S/C14H19BrN2O/c1-10(2)8-9-17(11-6-7-11)14(18)12-4-3-5-13(15)16-12/h3-5,10-11H,6-9H2,1-2H3. The summed E-state index contributed by atoms with van der Waals surface area (Å²) in [5.74, 6) is 0.689. The number of hydrogen-bond donors (Lipinski definition) is 0. The summed E-state index contributed by atoms with van der Waals surface area (Å²) >= 11 is 3.31. The first-order chi connectivity index (χ1) is 8.58. The topological polar surface area (TPSA) is 33.2 Å². The lowest BCUT2D eigenvalue weighted by molar-refractivity contribution is 0.0729. The molecule has 0 atom stereocenters. The van der Waals surface area contributed by atoms with Gasteiger partial charge in [0.05, 0.1) is 0 Å². The molecular weight excluding hydrogens is 292 g/mol. The van der Waals surface area contributed by atoms with Gasteiger partial charge in [0.25, 0.3) is 5.91 Å². The fourth-order valence-electron chi connectivity index (χ4n) is 1.91. The van der Waals surface area contributed by atoms with Crippen LogP contribution in [0.2, 0.25) is 0 Å². The Hall–Kier alpha value is -0.900. The summed E-state index contributed by atoms with van der Waals surface area (Å²) in [5, 5.41) is 0. The minimum atomic E-state index is 0.0689. The van der Waals surface area contributed by atoms with Gasteiger partial charge in [-0.25, -0.2) is 4.98 Å². The first kappa shape index (κ1) is 13.5. The van der Waals surface area contributed by atoms with Gasteiger partial charge in [-0.05, 0) is 53.2 Å². The predicted molar refractivity (Wildman–Crippen MR) is 75.5 cm³/mol. The lowest BCUT2D eigenvalue weighted by atomic mass is 10.1. The molecule has 0 aromatic carbocycles. The average Bonchev–Trinajstić information content (AvgIpc) is 3.13. The molecule has 1 aromatic rings. The van der Waals surface area contributed by atoms with Crippen LogP contribution in [0.3, 0.4) is 0 Å². The zero-order chi connectivity index (χ0) is 13.1. The SMILES string of the molecule is CC(C)CCN(C(=O)c1cccc(Br)n1)C1CC1. The quantitative estimate of drug-likeness (QED) is 0.780. The maximum atomic E-state index is 12.4. The Bertz CT molecular complexity index is 430. The molecule has 1 fully saturated rings. The molecule has 1 aliphatic rings. The van der Waals surface area contributed by atoms with Gasteiger partial charge in [0.15, 0.2) is 0 Å². The van der Waals surface area contributed by atoms with E-state index in [1.54, 1.807) is 6.07 Å². The second kappa shape index (κ2) is 5.83. The number of aromatic nitrogens is 1. The largest absolute Gasteiger partial charge is 0.334 e. The third kappa shape index (κ3) is 3.55.